The van der Waals surface area contributed by atoms with Crippen LogP contribution in [0.25, 0.3) is 0 Å². The highest BCUT2D eigenvalue weighted by Crippen LogP contribution is 2.17. The SMILES string of the molecule is COCC(CO)NS(=O)(=O)c1ccc(N)cc1F. The molecule has 0 spiro atoms. The summed E-state index contributed by atoms with van der Waals surface area (Å²) in [4.78, 5) is -0.522. The van der Waals surface area contributed by atoms with Gasteiger partial charge in [-0.05, 0) is 18.2 Å². The van der Waals surface area contributed by atoms with E-state index in [-0.39, 0.29) is 12.3 Å². The van der Waals surface area contributed by atoms with Gasteiger partial charge in [-0.2, -0.15) is 0 Å². The summed E-state index contributed by atoms with van der Waals surface area (Å²) in [6, 6.07) is 2.42. The summed E-state index contributed by atoms with van der Waals surface area (Å²) in [6.45, 7) is -0.476. The zero-order valence-corrected chi connectivity index (χ0v) is 10.6. The van der Waals surface area contributed by atoms with E-state index in [4.69, 9.17) is 15.6 Å². The van der Waals surface area contributed by atoms with Crippen molar-refractivity contribution in [3.8, 4) is 0 Å². The third kappa shape index (κ3) is 3.64. The largest absolute Gasteiger partial charge is 0.399 e. The highest BCUT2D eigenvalue weighted by Gasteiger charge is 2.22. The number of aliphatic hydroxyl groups excluding tert-OH is 1. The number of benzene rings is 1. The van der Waals surface area contributed by atoms with Crippen LogP contribution < -0.4 is 10.5 Å². The number of methoxy groups -OCH3 is 1. The van der Waals surface area contributed by atoms with Crippen LogP contribution in [0.5, 0.6) is 0 Å². The first kappa shape index (κ1) is 14.8. The second kappa shape index (κ2) is 6.10. The molecule has 0 aliphatic rings. The van der Waals surface area contributed by atoms with Gasteiger partial charge in [-0.25, -0.2) is 17.5 Å². The van der Waals surface area contributed by atoms with Gasteiger partial charge in [0.25, 0.3) is 0 Å². The first-order valence-corrected chi connectivity index (χ1v) is 6.56. The summed E-state index contributed by atoms with van der Waals surface area (Å²) in [6.07, 6.45) is 0. The average molecular weight is 278 g/mol. The fourth-order valence-electron chi connectivity index (χ4n) is 1.34. The number of hydrogen-bond acceptors (Lipinski definition) is 5. The minimum Gasteiger partial charge on any atom is -0.399 e. The van der Waals surface area contributed by atoms with Gasteiger partial charge in [0.2, 0.25) is 10.0 Å². The normalized spacial score (nSPS) is 13.5. The average Bonchev–Trinajstić information content (AvgIpc) is 2.27. The number of sulfonamides is 1. The molecular weight excluding hydrogens is 263 g/mol. The molecule has 0 aliphatic heterocycles. The van der Waals surface area contributed by atoms with Crippen molar-refractivity contribution in [2.24, 2.45) is 0 Å². The molecule has 0 amide bonds. The Labute approximate surface area is 105 Å². The third-order valence-electron chi connectivity index (χ3n) is 2.16. The van der Waals surface area contributed by atoms with Gasteiger partial charge in [0.1, 0.15) is 10.7 Å². The van der Waals surface area contributed by atoms with Crippen LogP contribution in [0.15, 0.2) is 23.1 Å². The number of ether oxygens (including phenoxy) is 1. The molecule has 1 aromatic rings. The van der Waals surface area contributed by atoms with E-state index in [1.54, 1.807) is 0 Å². The lowest BCUT2D eigenvalue weighted by Crippen LogP contribution is -2.40. The number of rotatable bonds is 6. The Hall–Kier alpha value is -1.22. The first-order valence-electron chi connectivity index (χ1n) is 5.08. The molecule has 102 valence electrons. The van der Waals surface area contributed by atoms with Crippen molar-refractivity contribution < 1.29 is 22.7 Å². The number of anilines is 1. The Morgan fingerprint density at radius 1 is 1.56 bits per heavy atom. The highest BCUT2D eigenvalue weighted by molar-refractivity contribution is 7.89. The standard InChI is InChI=1S/C10H15FN2O4S/c1-17-6-8(5-14)13-18(15,16)10-3-2-7(12)4-9(10)11/h2-4,8,13-14H,5-6,12H2,1H3. The number of aliphatic hydroxyl groups is 1. The Morgan fingerprint density at radius 3 is 2.72 bits per heavy atom. The molecular formula is C10H15FN2O4S. The lowest BCUT2D eigenvalue weighted by atomic mass is 10.3. The number of nitrogen functional groups attached to an aromatic ring is 1. The number of halogens is 1. The van der Waals surface area contributed by atoms with Gasteiger partial charge < -0.3 is 15.6 Å². The number of nitrogens with two attached hydrogens (primary N) is 1. The maximum absolute atomic E-state index is 13.5. The fourth-order valence-corrected chi connectivity index (χ4v) is 2.61. The Balaban J connectivity index is 2.99. The lowest BCUT2D eigenvalue weighted by Gasteiger charge is -2.15. The molecule has 0 aliphatic carbocycles. The van der Waals surface area contributed by atoms with Crippen LogP contribution in [0.2, 0.25) is 0 Å². The zero-order chi connectivity index (χ0) is 13.8. The van der Waals surface area contributed by atoms with E-state index in [2.05, 4.69) is 4.72 Å². The van der Waals surface area contributed by atoms with E-state index in [1.807, 2.05) is 0 Å². The van der Waals surface area contributed by atoms with E-state index in [0.29, 0.717) is 0 Å². The highest BCUT2D eigenvalue weighted by atomic mass is 32.2. The molecule has 0 bridgehead atoms. The molecule has 0 heterocycles. The minimum atomic E-state index is -4.06. The van der Waals surface area contributed by atoms with Crippen molar-refractivity contribution >= 4 is 15.7 Å². The van der Waals surface area contributed by atoms with Crippen molar-refractivity contribution in [2.75, 3.05) is 26.1 Å². The lowest BCUT2D eigenvalue weighted by molar-refractivity contribution is 0.139. The van der Waals surface area contributed by atoms with E-state index in [9.17, 15) is 12.8 Å². The van der Waals surface area contributed by atoms with E-state index in [1.165, 1.54) is 13.2 Å². The second-order valence-electron chi connectivity index (χ2n) is 3.65. The van der Waals surface area contributed by atoms with Crippen molar-refractivity contribution in [1.82, 2.24) is 4.72 Å². The molecule has 1 aromatic carbocycles. The van der Waals surface area contributed by atoms with Crippen LogP contribution >= 0.6 is 0 Å². The van der Waals surface area contributed by atoms with E-state index in [0.717, 1.165) is 12.1 Å². The minimum absolute atomic E-state index is 0.0215. The van der Waals surface area contributed by atoms with E-state index >= 15 is 0 Å². The summed E-state index contributed by atoms with van der Waals surface area (Å²) < 4.78 is 44.1. The molecule has 1 unspecified atom stereocenters. The molecule has 8 heteroatoms. The van der Waals surface area contributed by atoms with Crippen LogP contribution in [0, 0.1) is 5.82 Å². The van der Waals surface area contributed by atoms with Gasteiger partial charge in [0.05, 0.1) is 19.3 Å². The molecule has 4 N–H and O–H groups in total. The molecule has 0 saturated carbocycles. The quantitative estimate of drug-likeness (QED) is 0.620. The van der Waals surface area contributed by atoms with E-state index < -0.39 is 33.4 Å². The topological polar surface area (TPSA) is 102 Å². The number of hydrogen-bond donors (Lipinski definition) is 3. The fraction of sp³-hybridized carbons (Fsp3) is 0.400. The van der Waals surface area contributed by atoms with Crippen molar-refractivity contribution in [3.05, 3.63) is 24.0 Å². The zero-order valence-electron chi connectivity index (χ0n) is 9.76. The number of nitrogens with one attached hydrogen (secondary N) is 1. The van der Waals surface area contributed by atoms with Crippen molar-refractivity contribution in [1.29, 1.82) is 0 Å². The maximum Gasteiger partial charge on any atom is 0.243 e. The predicted molar refractivity (Wildman–Crippen MR) is 63.9 cm³/mol. The first-order chi connectivity index (χ1) is 8.40. The summed E-state index contributed by atoms with van der Waals surface area (Å²) in [5.74, 6) is -0.948. The van der Waals surface area contributed by atoms with Crippen LogP contribution in [0.4, 0.5) is 10.1 Å². The van der Waals surface area contributed by atoms with Crippen molar-refractivity contribution in [2.45, 2.75) is 10.9 Å². The molecule has 0 aromatic heterocycles. The van der Waals surface area contributed by atoms with Crippen molar-refractivity contribution in [3.63, 3.8) is 0 Å². The van der Waals surface area contributed by atoms with Crippen LogP contribution in [0.1, 0.15) is 0 Å². The second-order valence-corrected chi connectivity index (χ2v) is 5.33. The van der Waals surface area contributed by atoms with Gasteiger partial charge in [-0.1, -0.05) is 0 Å². The van der Waals surface area contributed by atoms with Crippen LogP contribution in [0.3, 0.4) is 0 Å². The molecule has 6 nitrogen and oxygen atoms in total. The summed E-state index contributed by atoms with van der Waals surface area (Å²) in [5, 5.41) is 8.96. The van der Waals surface area contributed by atoms with Gasteiger partial charge in [-0.3, -0.25) is 0 Å². The molecule has 18 heavy (non-hydrogen) atoms. The molecule has 0 saturated heterocycles. The van der Waals surface area contributed by atoms with Crippen LogP contribution in [-0.4, -0.2) is 39.9 Å². The predicted octanol–water partition coefficient (Wildman–Crippen LogP) is -0.306. The van der Waals surface area contributed by atoms with Gasteiger partial charge in [0.15, 0.2) is 0 Å². The van der Waals surface area contributed by atoms with Gasteiger partial charge >= 0.3 is 0 Å². The molecule has 0 fully saturated rings. The third-order valence-corrected chi connectivity index (χ3v) is 3.71. The molecule has 1 rings (SSSR count). The molecule has 1 atom stereocenters. The monoisotopic (exact) mass is 278 g/mol. The van der Waals surface area contributed by atoms with Crippen LogP contribution in [-0.2, 0) is 14.8 Å². The Kier molecular flexibility index (Phi) is 5.03. The van der Waals surface area contributed by atoms with Gasteiger partial charge in [0, 0.05) is 12.8 Å². The summed E-state index contributed by atoms with van der Waals surface area (Å²) >= 11 is 0. The Morgan fingerprint density at radius 2 is 2.22 bits per heavy atom. The smallest absolute Gasteiger partial charge is 0.243 e. The molecule has 0 radical (unpaired) electrons. The Bertz CT molecular complexity index is 507. The van der Waals surface area contributed by atoms with Gasteiger partial charge in [-0.15, -0.1) is 0 Å². The summed E-state index contributed by atoms with van der Waals surface area (Å²) in [7, 11) is -2.70. The maximum atomic E-state index is 13.5. The summed E-state index contributed by atoms with van der Waals surface area (Å²) in [5.41, 5.74) is 5.46.